The van der Waals surface area contributed by atoms with Gasteiger partial charge in [-0.2, -0.15) is 0 Å². The molecule has 0 atom stereocenters. The van der Waals surface area contributed by atoms with Crippen LogP contribution in [-0.2, 0) is 9.53 Å². The van der Waals surface area contributed by atoms with Gasteiger partial charge in [0.2, 0.25) is 0 Å². The van der Waals surface area contributed by atoms with E-state index in [2.05, 4.69) is 26.8 Å². The number of carbonyl (C=O) groups is 1. The molecule has 0 amide bonds. The van der Waals surface area contributed by atoms with Gasteiger partial charge in [-0.1, -0.05) is 40.5 Å². The number of allylic oxidation sites excluding steroid dienone is 2. The summed E-state index contributed by atoms with van der Waals surface area (Å²) in [5.74, 6) is 0.991. The van der Waals surface area contributed by atoms with Crippen molar-refractivity contribution < 1.29 is 9.53 Å². The van der Waals surface area contributed by atoms with Crippen LogP contribution in [0.5, 0.6) is 0 Å². The second-order valence-corrected chi connectivity index (χ2v) is 4.08. The van der Waals surface area contributed by atoms with Crippen molar-refractivity contribution >= 4 is 5.97 Å². The van der Waals surface area contributed by atoms with Gasteiger partial charge in [0.15, 0.2) is 0 Å². The van der Waals surface area contributed by atoms with E-state index in [1.165, 1.54) is 19.3 Å². The molecule has 0 saturated heterocycles. The predicted octanol–water partition coefficient (Wildman–Crippen LogP) is 4.06. The monoisotopic (exact) mass is 212 g/mol. The van der Waals surface area contributed by atoms with Crippen molar-refractivity contribution in [3.05, 3.63) is 11.8 Å². The minimum Gasteiger partial charge on any atom is -0.431 e. The third-order valence-corrected chi connectivity index (χ3v) is 2.24. The molecule has 0 aliphatic rings. The molecular weight excluding hydrogens is 188 g/mol. The summed E-state index contributed by atoms with van der Waals surface area (Å²) >= 11 is 0. The molecule has 0 spiro atoms. The lowest BCUT2D eigenvalue weighted by atomic mass is 10.1. The molecule has 0 radical (unpaired) electrons. The second kappa shape index (κ2) is 8.51. The molecule has 0 fully saturated rings. The van der Waals surface area contributed by atoms with Crippen LogP contribution in [0, 0.1) is 5.92 Å². The number of carbonyl (C=O) groups excluding carboxylic acids is 1. The number of hydrogen-bond donors (Lipinski definition) is 0. The van der Waals surface area contributed by atoms with E-state index in [-0.39, 0.29) is 5.97 Å². The molecule has 0 unspecified atom stereocenters. The Morgan fingerprint density at radius 3 is 2.40 bits per heavy atom. The Morgan fingerprint density at radius 1 is 1.27 bits per heavy atom. The number of rotatable bonds is 7. The molecule has 0 aliphatic heterocycles. The van der Waals surface area contributed by atoms with Gasteiger partial charge in [-0.25, -0.2) is 0 Å². The fraction of sp³-hybridized carbons (Fsp3) is 0.769. The van der Waals surface area contributed by atoms with Crippen LogP contribution in [0.25, 0.3) is 0 Å². The maximum atomic E-state index is 11.2. The third-order valence-electron chi connectivity index (χ3n) is 2.24. The van der Waals surface area contributed by atoms with Crippen molar-refractivity contribution in [1.29, 1.82) is 0 Å². The van der Waals surface area contributed by atoms with Crippen molar-refractivity contribution in [3.63, 3.8) is 0 Å². The van der Waals surface area contributed by atoms with Crippen molar-refractivity contribution in [1.82, 2.24) is 0 Å². The van der Waals surface area contributed by atoms with Crippen LogP contribution in [0.3, 0.4) is 0 Å². The highest BCUT2D eigenvalue weighted by molar-refractivity contribution is 5.70. The molecule has 0 aliphatic carbocycles. The normalized spacial score (nSPS) is 11.9. The first-order valence-corrected chi connectivity index (χ1v) is 6.02. The quantitative estimate of drug-likeness (QED) is 0.361. The van der Waals surface area contributed by atoms with Crippen molar-refractivity contribution in [2.45, 2.75) is 59.8 Å². The van der Waals surface area contributed by atoms with Crippen LogP contribution in [0.15, 0.2) is 11.8 Å². The fourth-order valence-electron chi connectivity index (χ4n) is 1.24. The minimum atomic E-state index is -0.134. The highest BCUT2D eigenvalue weighted by atomic mass is 16.5. The van der Waals surface area contributed by atoms with Crippen LogP contribution >= 0.6 is 0 Å². The van der Waals surface area contributed by atoms with E-state index >= 15 is 0 Å². The lowest BCUT2D eigenvalue weighted by molar-refractivity contribution is -0.139. The number of esters is 1. The largest absolute Gasteiger partial charge is 0.431 e. The first-order chi connectivity index (χ1) is 7.11. The Hall–Kier alpha value is -0.790. The Labute approximate surface area is 93.7 Å². The van der Waals surface area contributed by atoms with E-state index in [4.69, 9.17) is 4.74 Å². The Bertz CT molecular complexity index is 205. The second-order valence-electron chi connectivity index (χ2n) is 4.08. The van der Waals surface area contributed by atoms with E-state index in [0.29, 0.717) is 12.3 Å². The van der Waals surface area contributed by atoms with Crippen molar-refractivity contribution in [2.24, 2.45) is 5.92 Å². The summed E-state index contributed by atoms with van der Waals surface area (Å²) in [6.45, 7) is 8.10. The average Bonchev–Trinajstić information content (AvgIpc) is 2.21. The summed E-state index contributed by atoms with van der Waals surface area (Å²) in [4.78, 5) is 11.2. The van der Waals surface area contributed by atoms with Crippen LogP contribution < -0.4 is 0 Å². The van der Waals surface area contributed by atoms with Crippen LogP contribution in [0.1, 0.15) is 59.8 Å². The predicted molar refractivity (Wildman–Crippen MR) is 63.4 cm³/mol. The lowest BCUT2D eigenvalue weighted by Gasteiger charge is -2.11. The van der Waals surface area contributed by atoms with Gasteiger partial charge in [0.05, 0.1) is 0 Å². The molecule has 0 aromatic carbocycles. The molecule has 0 N–H and O–H groups in total. The maximum absolute atomic E-state index is 11.2. The van der Waals surface area contributed by atoms with Crippen LogP contribution in [-0.4, -0.2) is 5.97 Å². The van der Waals surface area contributed by atoms with Gasteiger partial charge < -0.3 is 4.74 Å². The smallest absolute Gasteiger partial charge is 0.310 e. The highest BCUT2D eigenvalue weighted by Crippen LogP contribution is 2.14. The summed E-state index contributed by atoms with van der Waals surface area (Å²) in [7, 11) is 0. The van der Waals surface area contributed by atoms with Gasteiger partial charge in [-0.15, -0.1) is 0 Å². The SMILES string of the molecule is CCCCC/C=C(\OC(=O)CC)C(C)C. The Balaban J connectivity index is 4.07. The molecule has 0 heterocycles. The molecule has 15 heavy (non-hydrogen) atoms. The Morgan fingerprint density at radius 2 is 1.93 bits per heavy atom. The van der Waals surface area contributed by atoms with Gasteiger partial charge >= 0.3 is 5.97 Å². The first-order valence-electron chi connectivity index (χ1n) is 6.02. The van der Waals surface area contributed by atoms with E-state index in [1.54, 1.807) is 0 Å². The third kappa shape index (κ3) is 7.18. The zero-order valence-electron chi connectivity index (χ0n) is 10.5. The summed E-state index contributed by atoms with van der Waals surface area (Å²) in [5, 5.41) is 0. The standard InChI is InChI=1S/C13H24O2/c1-5-7-8-9-10-12(11(3)4)15-13(14)6-2/h10-11H,5-9H2,1-4H3/b12-10-. The van der Waals surface area contributed by atoms with E-state index in [1.807, 2.05) is 6.92 Å². The van der Waals surface area contributed by atoms with E-state index in [0.717, 1.165) is 12.2 Å². The maximum Gasteiger partial charge on any atom is 0.310 e. The van der Waals surface area contributed by atoms with Crippen LogP contribution in [0.2, 0.25) is 0 Å². The summed E-state index contributed by atoms with van der Waals surface area (Å²) in [6, 6.07) is 0. The van der Waals surface area contributed by atoms with Crippen molar-refractivity contribution in [2.75, 3.05) is 0 Å². The van der Waals surface area contributed by atoms with Gasteiger partial charge in [0.25, 0.3) is 0 Å². The number of hydrogen-bond acceptors (Lipinski definition) is 2. The van der Waals surface area contributed by atoms with Gasteiger partial charge in [0, 0.05) is 12.3 Å². The Kier molecular flexibility index (Phi) is 8.06. The minimum absolute atomic E-state index is 0.134. The van der Waals surface area contributed by atoms with E-state index in [9.17, 15) is 4.79 Å². The van der Waals surface area contributed by atoms with Gasteiger partial charge in [-0.3, -0.25) is 4.79 Å². The number of ether oxygens (including phenoxy) is 1. The zero-order valence-corrected chi connectivity index (χ0v) is 10.5. The molecule has 0 aromatic rings. The van der Waals surface area contributed by atoms with E-state index < -0.39 is 0 Å². The zero-order chi connectivity index (χ0) is 11.7. The molecule has 2 heteroatoms. The summed E-state index contributed by atoms with van der Waals surface area (Å²) < 4.78 is 5.26. The molecule has 2 nitrogen and oxygen atoms in total. The lowest BCUT2D eigenvalue weighted by Crippen LogP contribution is -2.07. The van der Waals surface area contributed by atoms with Gasteiger partial charge in [0.1, 0.15) is 5.76 Å². The molecule has 88 valence electrons. The highest BCUT2D eigenvalue weighted by Gasteiger charge is 2.08. The number of unbranched alkanes of at least 4 members (excludes halogenated alkanes) is 3. The van der Waals surface area contributed by atoms with Crippen LogP contribution in [0.4, 0.5) is 0 Å². The molecule has 0 saturated carbocycles. The molecule has 0 aromatic heterocycles. The van der Waals surface area contributed by atoms with Crippen molar-refractivity contribution in [3.8, 4) is 0 Å². The summed E-state index contributed by atoms with van der Waals surface area (Å²) in [6.07, 6.45) is 7.16. The molecule has 0 rings (SSSR count). The first kappa shape index (κ1) is 14.2. The molecule has 0 bridgehead atoms. The van der Waals surface area contributed by atoms with Gasteiger partial charge in [-0.05, 0) is 18.9 Å². The topological polar surface area (TPSA) is 26.3 Å². The fourth-order valence-corrected chi connectivity index (χ4v) is 1.24. The summed E-state index contributed by atoms with van der Waals surface area (Å²) in [5.41, 5.74) is 0. The average molecular weight is 212 g/mol. The molecular formula is C13H24O2.